The first-order valence-electron chi connectivity index (χ1n) is 7.28. The summed E-state index contributed by atoms with van der Waals surface area (Å²) in [4.78, 5) is 0. The smallest absolute Gasteiger partial charge is 0.0686 e. The molecule has 19 heavy (non-hydrogen) atoms. The lowest BCUT2D eigenvalue weighted by atomic mass is 9.77. The van der Waals surface area contributed by atoms with E-state index in [0.717, 1.165) is 6.42 Å². The van der Waals surface area contributed by atoms with E-state index in [1.165, 1.54) is 11.1 Å². The lowest BCUT2D eigenvalue weighted by Gasteiger charge is -2.25. The Kier molecular flexibility index (Phi) is 5.18. The fraction of sp³-hybridized carbons (Fsp3) is 0.611. The zero-order valence-corrected chi connectivity index (χ0v) is 13.2. The minimum absolute atomic E-state index is 0.264. The van der Waals surface area contributed by atoms with E-state index in [-0.39, 0.29) is 5.41 Å². The predicted octanol–water partition coefficient (Wildman–Crippen LogP) is 5.17. The lowest BCUT2D eigenvalue weighted by Crippen LogP contribution is -2.21. The number of nitriles is 1. The van der Waals surface area contributed by atoms with Crippen LogP contribution >= 0.6 is 0 Å². The molecule has 1 aromatic carbocycles. The van der Waals surface area contributed by atoms with Gasteiger partial charge in [-0.25, -0.2) is 0 Å². The third-order valence-electron chi connectivity index (χ3n) is 4.54. The van der Waals surface area contributed by atoms with E-state index in [0.29, 0.717) is 17.8 Å². The Morgan fingerprint density at radius 2 is 1.79 bits per heavy atom. The maximum absolute atomic E-state index is 9.21. The molecule has 1 nitrogen and oxygen atoms in total. The second-order valence-electron chi connectivity index (χ2n) is 6.72. The zero-order valence-electron chi connectivity index (χ0n) is 13.2. The van der Waals surface area contributed by atoms with Crippen molar-refractivity contribution in [2.24, 2.45) is 17.3 Å². The van der Waals surface area contributed by atoms with Crippen LogP contribution in [0.5, 0.6) is 0 Å². The summed E-state index contributed by atoms with van der Waals surface area (Å²) in [6.07, 6.45) is 0.971. The summed E-state index contributed by atoms with van der Waals surface area (Å²) in [5, 5.41) is 9.21. The third-order valence-corrected chi connectivity index (χ3v) is 4.54. The SMILES string of the molecule is CC(C)C(C)c1cccc(CC(C)C(C)(C)C#N)c1. The molecular formula is C18H27N. The Hall–Kier alpha value is -1.29. The highest BCUT2D eigenvalue weighted by Gasteiger charge is 2.25. The Morgan fingerprint density at radius 3 is 2.32 bits per heavy atom. The predicted molar refractivity (Wildman–Crippen MR) is 82.0 cm³/mol. The average molecular weight is 257 g/mol. The molecule has 2 atom stereocenters. The minimum atomic E-state index is -0.264. The number of rotatable bonds is 5. The quantitative estimate of drug-likeness (QED) is 0.713. The van der Waals surface area contributed by atoms with Crippen molar-refractivity contribution in [3.63, 3.8) is 0 Å². The molecule has 0 fully saturated rings. The number of hydrogen-bond donors (Lipinski definition) is 0. The van der Waals surface area contributed by atoms with Crippen LogP contribution in [-0.2, 0) is 6.42 Å². The number of nitrogens with zero attached hydrogens (tertiary/aromatic N) is 1. The molecular weight excluding hydrogens is 230 g/mol. The molecule has 0 spiro atoms. The molecule has 0 aliphatic heterocycles. The van der Waals surface area contributed by atoms with Crippen molar-refractivity contribution in [3.8, 4) is 6.07 Å². The van der Waals surface area contributed by atoms with Gasteiger partial charge in [-0.1, -0.05) is 52.0 Å². The fourth-order valence-electron chi connectivity index (χ4n) is 2.11. The summed E-state index contributed by atoms with van der Waals surface area (Å²) >= 11 is 0. The maximum atomic E-state index is 9.21. The van der Waals surface area contributed by atoms with Crippen molar-refractivity contribution < 1.29 is 0 Å². The summed E-state index contributed by atoms with van der Waals surface area (Å²) in [5.41, 5.74) is 2.50. The van der Waals surface area contributed by atoms with E-state index in [2.05, 4.69) is 58.0 Å². The van der Waals surface area contributed by atoms with E-state index in [4.69, 9.17) is 0 Å². The Morgan fingerprint density at radius 1 is 1.16 bits per heavy atom. The van der Waals surface area contributed by atoms with Crippen LogP contribution in [-0.4, -0.2) is 0 Å². The highest BCUT2D eigenvalue weighted by Crippen LogP contribution is 2.30. The maximum Gasteiger partial charge on any atom is 0.0686 e. The van der Waals surface area contributed by atoms with E-state index >= 15 is 0 Å². The molecule has 1 rings (SSSR count). The fourth-order valence-corrected chi connectivity index (χ4v) is 2.11. The van der Waals surface area contributed by atoms with Crippen LogP contribution in [0.25, 0.3) is 0 Å². The van der Waals surface area contributed by atoms with Crippen molar-refractivity contribution in [1.29, 1.82) is 5.26 Å². The second-order valence-corrected chi connectivity index (χ2v) is 6.72. The number of hydrogen-bond acceptors (Lipinski definition) is 1. The van der Waals surface area contributed by atoms with Gasteiger partial charge in [0.1, 0.15) is 0 Å². The zero-order chi connectivity index (χ0) is 14.6. The summed E-state index contributed by atoms with van der Waals surface area (Å²) in [5.74, 6) is 1.60. The molecule has 0 heterocycles. The Balaban J connectivity index is 2.87. The van der Waals surface area contributed by atoms with Crippen LogP contribution in [0.4, 0.5) is 0 Å². The molecule has 0 N–H and O–H groups in total. The minimum Gasteiger partial charge on any atom is -0.198 e. The van der Waals surface area contributed by atoms with E-state index in [1.807, 2.05) is 13.8 Å². The van der Waals surface area contributed by atoms with Gasteiger partial charge in [-0.2, -0.15) is 5.26 Å². The molecule has 0 bridgehead atoms. The van der Waals surface area contributed by atoms with Gasteiger partial charge in [0, 0.05) is 0 Å². The van der Waals surface area contributed by atoms with Crippen LogP contribution in [0.15, 0.2) is 24.3 Å². The monoisotopic (exact) mass is 257 g/mol. The van der Waals surface area contributed by atoms with Gasteiger partial charge in [0.2, 0.25) is 0 Å². The lowest BCUT2D eigenvalue weighted by molar-refractivity contribution is 0.316. The van der Waals surface area contributed by atoms with Crippen molar-refractivity contribution >= 4 is 0 Å². The van der Waals surface area contributed by atoms with Crippen molar-refractivity contribution in [2.45, 2.75) is 53.9 Å². The van der Waals surface area contributed by atoms with Gasteiger partial charge in [-0.05, 0) is 49.1 Å². The first-order valence-corrected chi connectivity index (χ1v) is 7.28. The first-order chi connectivity index (χ1) is 8.77. The van der Waals surface area contributed by atoms with Crippen LogP contribution in [0, 0.1) is 28.6 Å². The molecule has 0 saturated heterocycles. The van der Waals surface area contributed by atoms with Gasteiger partial charge in [0.25, 0.3) is 0 Å². The Labute approximate surface area is 118 Å². The van der Waals surface area contributed by atoms with Crippen molar-refractivity contribution in [3.05, 3.63) is 35.4 Å². The summed E-state index contributed by atoms with van der Waals surface area (Å²) in [6, 6.07) is 11.3. The van der Waals surface area contributed by atoms with Crippen molar-refractivity contribution in [1.82, 2.24) is 0 Å². The van der Waals surface area contributed by atoms with Gasteiger partial charge in [-0.15, -0.1) is 0 Å². The van der Waals surface area contributed by atoms with Crippen LogP contribution < -0.4 is 0 Å². The highest BCUT2D eigenvalue weighted by molar-refractivity contribution is 5.27. The van der Waals surface area contributed by atoms with E-state index in [9.17, 15) is 5.26 Å². The third kappa shape index (κ3) is 4.10. The highest BCUT2D eigenvalue weighted by atomic mass is 14.4. The molecule has 1 aromatic rings. The van der Waals surface area contributed by atoms with Crippen LogP contribution in [0.3, 0.4) is 0 Å². The topological polar surface area (TPSA) is 23.8 Å². The standard InChI is InChI=1S/C18H27N/c1-13(2)15(4)17-9-7-8-16(11-17)10-14(3)18(5,6)12-19/h7-9,11,13-15H,10H2,1-6H3. The van der Waals surface area contributed by atoms with E-state index in [1.54, 1.807) is 0 Å². The molecule has 104 valence electrons. The van der Waals surface area contributed by atoms with Gasteiger partial charge >= 0.3 is 0 Å². The summed E-state index contributed by atoms with van der Waals surface area (Å²) < 4.78 is 0. The molecule has 0 amide bonds. The van der Waals surface area contributed by atoms with Gasteiger partial charge in [0.15, 0.2) is 0 Å². The average Bonchev–Trinajstić information content (AvgIpc) is 2.37. The molecule has 0 saturated carbocycles. The summed E-state index contributed by atoms with van der Waals surface area (Å²) in [7, 11) is 0. The van der Waals surface area contributed by atoms with Crippen LogP contribution in [0.2, 0.25) is 0 Å². The van der Waals surface area contributed by atoms with Gasteiger partial charge in [0.05, 0.1) is 11.5 Å². The molecule has 2 unspecified atom stereocenters. The van der Waals surface area contributed by atoms with E-state index < -0.39 is 0 Å². The summed E-state index contributed by atoms with van der Waals surface area (Å²) in [6.45, 7) is 13.0. The largest absolute Gasteiger partial charge is 0.198 e. The number of benzene rings is 1. The second kappa shape index (κ2) is 6.24. The molecule has 1 heteroatoms. The van der Waals surface area contributed by atoms with Gasteiger partial charge in [-0.3, -0.25) is 0 Å². The molecule has 0 radical (unpaired) electrons. The van der Waals surface area contributed by atoms with Gasteiger partial charge < -0.3 is 0 Å². The Bertz CT molecular complexity index is 451. The normalized spacial score (nSPS) is 15.1. The van der Waals surface area contributed by atoms with Crippen LogP contribution in [0.1, 0.15) is 58.6 Å². The first kappa shape index (κ1) is 15.8. The van der Waals surface area contributed by atoms with Crippen molar-refractivity contribution in [2.75, 3.05) is 0 Å². The molecule has 0 aromatic heterocycles. The molecule has 0 aliphatic carbocycles. The molecule has 0 aliphatic rings.